The first-order chi connectivity index (χ1) is 3.89. The molecule has 42 valence electrons. The minimum Gasteiger partial charge on any atom is -0.0779 e. The van der Waals surface area contributed by atoms with Gasteiger partial charge in [0.05, 0.1) is 0 Å². The smallest absolute Gasteiger partial charge is 0.00756 e. The Labute approximate surface area is 50.2 Å². The first kappa shape index (κ1) is 5.36. The summed E-state index contributed by atoms with van der Waals surface area (Å²) in [6.07, 6.45) is 12.6. The zero-order chi connectivity index (χ0) is 5.82. The van der Waals surface area contributed by atoms with Gasteiger partial charge in [0.25, 0.3) is 0 Å². The standard InChI is InChI=1S/C8H10/c1-8-6-4-2-3-5-7-8/h2-8H,1H3/i1+1. The van der Waals surface area contributed by atoms with E-state index in [1.54, 1.807) is 0 Å². The predicted octanol–water partition coefficient (Wildman–Crippen LogP) is 2.30. The Morgan fingerprint density at radius 1 is 0.875 bits per heavy atom. The molecule has 0 heterocycles. The minimum atomic E-state index is 0.602. The second kappa shape index (κ2) is 2.51. The van der Waals surface area contributed by atoms with Crippen molar-refractivity contribution in [1.82, 2.24) is 0 Å². The fourth-order valence-corrected chi connectivity index (χ4v) is 0.671. The quantitative estimate of drug-likeness (QED) is 0.417. The van der Waals surface area contributed by atoms with Crippen LogP contribution in [0, 0.1) is 5.92 Å². The summed E-state index contributed by atoms with van der Waals surface area (Å²) >= 11 is 0. The molecule has 0 aromatic heterocycles. The van der Waals surface area contributed by atoms with Gasteiger partial charge in [-0.25, -0.2) is 0 Å². The van der Waals surface area contributed by atoms with Crippen molar-refractivity contribution in [2.75, 3.05) is 0 Å². The van der Waals surface area contributed by atoms with E-state index in [0.29, 0.717) is 5.92 Å². The summed E-state index contributed by atoms with van der Waals surface area (Å²) in [4.78, 5) is 0. The molecule has 0 saturated heterocycles. The summed E-state index contributed by atoms with van der Waals surface area (Å²) in [5.41, 5.74) is 0. The maximum absolute atomic E-state index is 2.17. The molecular weight excluding hydrogens is 97.1 g/mol. The maximum Gasteiger partial charge on any atom is -0.00756 e. The maximum atomic E-state index is 2.17. The van der Waals surface area contributed by atoms with Crippen LogP contribution in [0.2, 0.25) is 0 Å². The molecule has 0 aromatic rings. The van der Waals surface area contributed by atoms with Crippen LogP contribution in [0.4, 0.5) is 0 Å². The van der Waals surface area contributed by atoms with Crippen molar-refractivity contribution in [1.29, 1.82) is 0 Å². The highest BCUT2D eigenvalue weighted by atomic mass is 14.1. The molecule has 0 amide bonds. The van der Waals surface area contributed by atoms with Crippen LogP contribution in [0.3, 0.4) is 0 Å². The lowest BCUT2D eigenvalue weighted by Gasteiger charge is -1.90. The van der Waals surface area contributed by atoms with Crippen LogP contribution in [0.25, 0.3) is 0 Å². The van der Waals surface area contributed by atoms with Crippen molar-refractivity contribution in [2.24, 2.45) is 5.92 Å². The zero-order valence-corrected chi connectivity index (χ0v) is 5.04. The zero-order valence-electron chi connectivity index (χ0n) is 5.04. The van der Waals surface area contributed by atoms with E-state index in [1.165, 1.54) is 0 Å². The van der Waals surface area contributed by atoms with Gasteiger partial charge in [-0.15, -0.1) is 0 Å². The molecule has 0 N–H and O–H groups in total. The number of hydrogen-bond acceptors (Lipinski definition) is 0. The molecule has 8 heavy (non-hydrogen) atoms. The molecule has 0 spiro atoms. The lowest BCUT2D eigenvalue weighted by molar-refractivity contribution is 0.943. The first-order valence-electron chi connectivity index (χ1n) is 2.91. The van der Waals surface area contributed by atoms with Crippen molar-refractivity contribution in [3.63, 3.8) is 0 Å². The van der Waals surface area contributed by atoms with Crippen LogP contribution in [0.5, 0.6) is 0 Å². The van der Waals surface area contributed by atoms with E-state index in [9.17, 15) is 0 Å². The van der Waals surface area contributed by atoms with Crippen LogP contribution < -0.4 is 0 Å². The highest BCUT2D eigenvalue weighted by molar-refractivity contribution is 5.18. The number of rotatable bonds is 0. The predicted molar refractivity (Wildman–Crippen MR) is 36.6 cm³/mol. The largest absolute Gasteiger partial charge is 0.0779 e. The average Bonchev–Trinajstić information content (AvgIpc) is 1.94. The van der Waals surface area contributed by atoms with Crippen LogP contribution >= 0.6 is 0 Å². The summed E-state index contributed by atoms with van der Waals surface area (Å²) in [5, 5.41) is 0. The van der Waals surface area contributed by atoms with E-state index in [0.717, 1.165) is 0 Å². The molecule has 0 aliphatic heterocycles. The van der Waals surface area contributed by atoms with Crippen molar-refractivity contribution in [3.8, 4) is 0 Å². The molecule has 0 unspecified atom stereocenters. The summed E-state index contributed by atoms with van der Waals surface area (Å²) in [7, 11) is 0. The molecule has 0 fully saturated rings. The molecule has 0 bridgehead atoms. The van der Waals surface area contributed by atoms with E-state index in [4.69, 9.17) is 0 Å². The third-order valence-corrected chi connectivity index (χ3v) is 1.16. The van der Waals surface area contributed by atoms with Crippen LogP contribution in [0.1, 0.15) is 6.92 Å². The Morgan fingerprint density at radius 2 is 1.38 bits per heavy atom. The Bertz CT molecular complexity index is 122. The van der Waals surface area contributed by atoms with Gasteiger partial charge in [-0.1, -0.05) is 43.4 Å². The normalized spacial score (nSPS) is 19.1. The van der Waals surface area contributed by atoms with Gasteiger partial charge in [0.1, 0.15) is 0 Å². The molecule has 0 saturated carbocycles. The fraction of sp³-hybridized carbons (Fsp3) is 0.250. The van der Waals surface area contributed by atoms with Crippen molar-refractivity contribution in [2.45, 2.75) is 6.92 Å². The van der Waals surface area contributed by atoms with Gasteiger partial charge in [-0.2, -0.15) is 0 Å². The monoisotopic (exact) mass is 107 g/mol. The third kappa shape index (κ3) is 1.38. The Morgan fingerprint density at radius 3 is 1.88 bits per heavy atom. The average molecular weight is 107 g/mol. The van der Waals surface area contributed by atoms with Crippen LogP contribution in [0.15, 0.2) is 36.5 Å². The van der Waals surface area contributed by atoms with Gasteiger partial charge in [0, 0.05) is 0 Å². The minimum absolute atomic E-state index is 0.602. The summed E-state index contributed by atoms with van der Waals surface area (Å²) in [5.74, 6) is 0.602. The van der Waals surface area contributed by atoms with Crippen molar-refractivity contribution >= 4 is 0 Å². The molecule has 0 heteroatoms. The Kier molecular flexibility index (Phi) is 1.68. The molecule has 0 nitrogen and oxygen atoms in total. The lowest BCUT2D eigenvalue weighted by atomic mass is 10.2. The van der Waals surface area contributed by atoms with E-state index in [2.05, 4.69) is 31.2 Å². The van der Waals surface area contributed by atoms with Crippen molar-refractivity contribution in [3.05, 3.63) is 36.5 Å². The van der Waals surface area contributed by atoms with Gasteiger partial charge < -0.3 is 0 Å². The van der Waals surface area contributed by atoms with Gasteiger partial charge >= 0.3 is 0 Å². The second-order valence-corrected chi connectivity index (χ2v) is 2.01. The highest BCUT2D eigenvalue weighted by Crippen LogP contribution is 2.02. The number of hydrogen-bond donors (Lipinski definition) is 0. The third-order valence-electron chi connectivity index (χ3n) is 1.16. The van der Waals surface area contributed by atoms with Crippen LogP contribution in [-0.2, 0) is 0 Å². The van der Waals surface area contributed by atoms with E-state index in [1.807, 2.05) is 12.2 Å². The van der Waals surface area contributed by atoms with Crippen LogP contribution in [-0.4, -0.2) is 0 Å². The van der Waals surface area contributed by atoms with E-state index >= 15 is 0 Å². The summed E-state index contributed by atoms with van der Waals surface area (Å²) < 4.78 is 0. The molecular formula is C8H10. The molecule has 1 rings (SSSR count). The molecule has 0 aromatic carbocycles. The number of allylic oxidation sites excluding steroid dienone is 6. The molecule has 0 radical (unpaired) electrons. The van der Waals surface area contributed by atoms with Crippen molar-refractivity contribution < 1.29 is 0 Å². The Balaban J connectivity index is 2.66. The van der Waals surface area contributed by atoms with E-state index in [-0.39, 0.29) is 0 Å². The van der Waals surface area contributed by atoms with Gasteiger partial charge in [-0.3, -0.25) is 0 Å². The molecule has 0 atom stereocenters. The molecule has 1 aliphatic carbocycles. The van der Waals surface area contributed by atoms with Gasteiger partial charge in [0.15, 0.2) is 0 Å². The SMILES string of the molecule is [13CH3]C1C=CC=CC=C1. The molecule has 1 aliphatic rings. The van der Waals surface area contributed by atoms with E-state index < -0.39 is 0 Å². The van der Waals surface area contributed by atoms with Gasteiger partial charge in [0.2, 0.25) is 0 Å². The van der Waals surface area contributed by atoms with Gasteiger partial charge in [-0.05, 0) is 5.92 Å². The highest BCUT2D eigenvalue weighted by Gasteiger charge is 1.86. The summed E-state index contributed by atoms with van der Waals surface area (Å²) in [6.45, 7) is 2.17. The summed E-state index contributed by atoms with van der Waals surface area (Å²) in [6, 6.07) is 0. The lowest BCUT2D eigenvalue weighted by Crippen LogP contribution is -1.77. The fourth-order valence-electron chi connectivity index (χ4n) is 0.671. The second-order valence-electron chi connectivity index (χ2n) is 2.01. The Hall–Kier alpha value is -0.780. The first-order valence-corrected chi connectivity index (χ1v) is 2.91. The topological polar surface area (TPSA) is 0 Å².